The maximum Gasteiger partial charge on any atom is 0.162 e. The van der Waals surface area contributed by atoms with Crippen LogP contribution in [0.15, 0.2) is 12.2 Å². The molecule has 17 heavy (non-hydrogen) atoms. The second kappa shape index (κ2) is 4.21. The van der Waals surface area contributed by atoms with Crippen LogP contribution in [0, 0.1) is 5.92 Å². The lowest BCUT2D eigenvalue weighted by molar-refractivity contribution is -0.123. The van der Waals surface area contributed by atoms with Crippen molar-refractivity contribution in [2.75, 3.05) is 0 Å². The molecule has 0 N–H and O–H groups in total. The van der Waals surface area contributed by atoms with Crippen LogP contribution in [0.5, 0.6) is 0 Å². The van der Waals surface area contributed by atoms with Crippen LogP contribution in [-0.2, 0) is 14.3 Å². The van der Waals surface area contributed by atoms with E-state index in [0.717, 1.165) is 0 Å². The summed E-state index contributed by atoms with van der Waals surface area (Å²) in [5.41, 5.74) is -0.379. The van der Waals surface area contributed by atoms with E-state index >= 15 is 0 Å². The molecule has 3 nitrogen and oxygen atoms in total. The van der Waals surface area contributed by atoms with Crippen molar-refractivity contribution in [3.63, 3.8) is 0 Å². The molecule has 3 atom stereocenters. The highest BCUT2D eigenvalue weighted by atomic mass is 16.7. The summed E-state index contributed by atoms with van der Waals surface area (Å²) >= 11 is 0. The number of allylic oxidation sites excluding steroid dienone is 1. The first-order valence-corrected chi connectivity index (χ1v) is 6.73. The van der Waals surface area contributed by atoms with Crippen molar-refractivity contribution in [3.8, 4) is 0 Å². The first kappa shape index (κ1) is 11.4. The Balaban J connectivity index is 1.72. The first-order chi connectivity index (χ1) is 8.17. The smallest absolute Gasteiger partial charge is 0.162 e. The molecule has 2 fully saturated rings. The fraction of sp³-hybridized carbons (Fsp3) is 0.786. The van der Waals surface area contributed by atoms with E-state index in [1.807, 2.05) is 13.0 Å². The number of hydrogen-bond donors (Lipinski definition) is 0. The second-order valence-electron chi connectivity index (χ2n) is 5.70. The van der Waals surface area contributed by atoms with Gasteiger partial charge in [0.25, 0.3) is 0 Å². The lowest BCUT2D eigenvalue weighted by Crippen LogP contribution is -2.38. The van der Waals surface area contributed by atoms with Gasteiger partial charge in [-0.1, -0.05) is 19.3 Å². The van der Waals surface area contributed by atoms with Gasteiger partial charge in [-0.25, -0.2) is 0 Å². The third-order valence-corrected chi connectivity index (χ3v) is 4.33. The van der Waals surface area contributed by atoms with Crippen molar-refractivity contribution < 1.29 is 14.3 Å². The fourth-order valence-electron chi connectivity index (χ4n) is 3.17. The molecule has 0 spiro atoms. The van der Waals surface area contributed by atoms with E-state index in [4.69, 9.17) is 9.47 Å². The summed E-state index contributed by atoms with van der Waals surface area (Å²) in [4.78, 5) is 11.4. The number of carbonyl (C=O) groups is 1. The maximum atomic E-state index is 11.4. The average Bonchev–Trinajstić information content (AvgIpc) is 2.68. The summed E-state index contributed by atoms with van der Waals surface area (Å²) in [7, 11) is 0. The lowest BCUT2D eigenvalue weighted by atomic mass is 9.89. The Morgan fingerprint density at radius 3 is 2.82 bits per heavy atom. The van der Waals surface area contributed by atoms with E-state index in [1.54, 1.807) is 6.08 Å². The van der Waals surface area contributed by atoms with E-state index in [-0.39, 0.29) is 23.8 Å². The summed E-state index contributed by atoms with van der Waals surface area (Å²) in [6.07, 6.45) is 10.1. The van der Waals surface area contributed by atoms with Gasteiger partial charge in [-0.2, -0.15) is 0 Å². The van der Waals surface area contributed by atoms with Gasteiger partial charge in [-0.15, -0.1) is 0 Å². The SMILES string of the molecule is C[C@@]12C=CC(=O)C[C@@H]1O[C@@H](C1CCCCC1)O2. The van der Waals surface area contributed by atoms with Crippen LogP contribution in [0.4, 0.5) is 0 Å². The second-order valence-corrected chi connectivity index (χ2v) is 5.70. The van der Waals surface area contributed by atoms with Gasteiger partial charge >= 0.3 is 0 Å². The van der Waals surface area contributed by atoms with Crippen LogP contribution in [0.25, 0.3) is 0 Å². The zero-order valence-electron chi connectivity index (χ0n) is 10.4. The van der Waals surface area contributed by atoms with Crippen LogP contribution in [-0.4, -0.2) is 23.8 Å². The van der Waals surface area contributed by atoms with Crippen LogP contribution in [0.3, 0.4) is 0 Å². The Bertz CT molecular complexity index is 343. The van der Waals surface area contributed by atoms with Crippen molar-refractivity contribution in [1.29, 1.82) is 0 Å². The summed E-state index contributed by atoms with van der Waals surface area (Å²) < 4.78 is 12.1. The topological polar surface area (TPSA) is 35.5 Å². The third-order valence-electron chi connectivity index (χ3n) is 4.33. The predicted octanol–water partition coefficient (Wildman–Crippen LogP) is 2.60. The summed E-state index contributed by atoms with van der Waals surface area (Å²) in [6.45, 7) is 2.03. The summed E-state index contributed by atoms with van der Waals surface area (Å²) in [5, 5.41) is 0. The Labute approximate surface area is 102 Å². The third kappa shape index (κ3) is 2.06. The standard InChI is InChI=1S/C14H20O3/c1-14-8-7-11(15)9-12(14)16-13(17-14)10-5-3-2-4-6-10/h7-8,10,12-13H,2-6,9H2,1H3/t12-,13+,14+/m0/s1. The molecule has 2 aliphatic carbocycles. The predicted molar refractivity (Wildman–Crippen MR) is 63.5 cm³/mol. The minimum atomic E-state index is -0.379. The minimum Gasteiger partial charge on any atom is -0.345 e. The van der Waals surface area contributed by atoms with Gasteiger partial charge in [-0.05, 0) is 31.9 Å². The lowest BCUT2D eigenvalue weighted by Gasteiger charge is -2.28. The molecule has 3 rings (SSSR count). The van der Waals surface area contributed by atoms with Gasteiger partial charge in [0, 0.05) is 12.3 Å². The molecule has 0 radical (unpaired) electrons. The van der Waals surface area contributed by atoms with Gasteiger partial charge in [0.1, 0.15) is 11.7 Å². The van der Waals surface area contributed by atoms with Crippen molar-refractivity contribution in [2.24, 2.45) is 5.92 Å². The van der Waals surface area contributed by atoms with Gasteiger partial charge in [0.2, 0.25) is 0 Å². The van der Waals surface area contributed by atoms with E-state index in [0.29, 0.717) is 12.3 Å². The number of ketones is 1. The van der Waals surface area contributed by atoms with Crippen molar-refractivity contribution in [3.05, 3.63) is 12.2 Å². The Morgan fingerprint density at radius 2 is 2.06 bits per heavy atom. The molecule has 1 saturated carbocycles. The van der Waals surface area contributed by atoms with Crippen molar-refractivity contribution >= 4 is 5.78 Å². The molecule has 94 valence electrons. The zero-order valence-corrected chi connectivity index (χ0v) is 10.4. The molecular formula is C14H20O3. The van der Waals surface area contributed by atoms with E-state index in [2.05, 4.69) is 0 Å². The van der Waals surface area contributed by atoms with E-state index < -0.39 is 0 Å². The molecule has 1 saturated heterocycles. The highest BCUT2D eigenvalue weighted by molar-refractivity contribution is 5.91. The highest BCUT2D eigenvalue weighted by Crippen LogP contribution is 2.41. The van der Waals surface area contributed by atoms with E-state index in [1.165, 1.54) is 32.1 Å². The van der Waals surface area contributed by atoms with Gasteiger partial charge < -0.3 is 9.47 Å². The van der Waals surface area contributed by atoms with Crippen molar-refractivity contribution in [1.82, 2.24) is 0 Å². The molecule has 3 aliphatic rings. The Kier molecular flexibility index (Phi) is 2.83. The number of carbonyl (C=O) groups excluding carboxylic acids is 1. The summed E-state index contributed by atoms with van der Waals surface area (Å²) in [5.74, 6) is 0.676. The molecule has 1 aliphatic heterocycles. The van der Waals surface area contributed by atoms with Crippen LogP contribution in [0.2, 0.25) is 0 Å². The van der Waals surface area contributed by atoms with Gasteiger partial charge in [0.05, 0.1) is 0 Å². The quantitative estimate of drug-likeness (QED) is 0.702. The molecule has 0 aromatic heterocycles. The minimum absolute atomic E-state index is 0.0769. The first-order valence-electron chi connectivity index (χ1n) is 6.73. The highest BCUT2D eigenvalue weighted by Gasteiger charge is 2.49. The number of hydrogen-bond acceptors (Lipinski definition) is 3. The Hall–Kier alpha value is -0.670. The van der Waals surface area contributed by atoms with Crippen LogP contribution >= 0.6 is 0 Å². The molecular weight excluding hydrogens is 216 g/mol. The molecule has 1 heterocycles. The molecule has 0 bridgehead atoms. The van der Waals surface area contributed by atoms with E-state index in [9.17, 15) is 4.79 Å². The normalized spacial score (nSPS) is 42.8. The largest absolute Gasteiger partial charge is 0.345 e. The molecule has 0 aromatic rings. The molecule has 3 heteroatoms. The molecule has 0 unspecified atom stereocenters. The maximum absolute atomic E-state index is 11.4. The molecule has 0 amide bonds. The zero-order chi connectivity index (χ0) is 11.9. The van der Waals surface area contributed by atoms with Crippen LogP contribution in [0.1, 0.15) is 45.4 Å². The number of rotatable bonds is 1. The summed E-state index contributed by atoms with van der Waals surface area (Å²) in [6, 6.07) is 0. The Morgan fingerprint density at radius 1 is 1.29 bits per heavy atom. The molecule has 0 aromatic carbocycles. The number of fused-ring (bicyclic) bond motifs is 1. The monoisotopic (exact) mass is 236 g/mol. The van der Waals surface area contributed by atoms with Gasteiger partial charge in [0.15, 0.2) is 12.1 Å². The number of ether oxygens (including phenoxy) is 2. The average molecular weight is 236 g/mol. The van der Waals surface area contributed by atoms with Gasteiger partial charge in [-0.3, -0.25) is 4.79 Å². The van der Waals surface area contributed by atoms with Crippen molar-refractivity contribution in [2.45, 2.75) is 63.4 Å². The van der Waals surface area contributed by atoms with Crippen LogP contribution < -0.4 is 0 Å². The fourth-order valence-corrected chi connectivity index (χ4v) is 3.17.